The van der Waals surface area contributed by atoms with E-state index in [2.05, 4.69) is 12.3 Å². The smallest absolute Gasteiger partial charge is 0.286 e. The zero-order valence-corrected chi connectivity index (χ0v) is 20.4. The van der Waals surface area contributed by atoms with E-state index in [4.69, 9.17) is 23.8 Å². The van der Waals surface area contributed by atoms with Crippen molar-refractivity contribution in [2.75, 3.05) is 11.4 Å². The van der Waals surface area contributed by atoms with Gasteiger partial charge in [0.05, 0.1) is 26.8 Å². The molecular formula is C24H22ClN3O3S2. The Morgan fingerprint density at radius 3 is 2.52 bits per heavy atom. The van der Waals surface area contributed by atoms with Crippen molar-refractivity contribution < 1.29 is 14.4 Å². The number of nitrogens with zero attached hydrogens (tertiary/aromatic N) is 2. The summed E-state index contributed by atoms with van der Waals surface area (Å²) in [5.74, 6) is -1.30. The summed E-state index contributed by atoms with van der Waals surface area (Å²) >= 11 is 12.5. The average Bonchev–Trinajstić information content (AvgIpc) is 3.24. The van der Waals surface area contributed by atoms with Gasteiger partial charge in [0.1, 0.15) is 0 Å². The second-order valence-electron chi connectivity index (χ2n) is 7.67. The van der Waals surface area contributed by atoms with Gasteiger partial charge in [-0.3, -0.25) is 19.8 Å². The predicted molar refractivity (Wildman–Crippen MR) is 136 cm³/mol. The van der Waals surface area contributed by atoms with Gasteiger partial charge in [0, 0.05) is 12.1 Å². The molecule has 2 aromatic rings. The van der Waals surface area contributed by atoms with Gasteiger partial charge in [-0.2, -0.15) is 5.01 Å². The largest absolute Gasteiger partial charge is 0.308 e. The lowest BCUT2D eigenvalue weighted by atomic mass is 10.1. The van der Waals surface area contributed by atoms with Gasteiger partial charge in [-0.05, 0) is 36.8 Å². The molecule has 2 aliphatic rings. The van der Waals surface area contributed by atoms with Gasteiger partial charge in [-0.1, -0.05) is 79.9 Å². The summed E-state index contributed by atoms with van der Waals surface area (Å²) in [5, 5.41) is 1.27. The highest BCUT2D eigenvalue weighted by Crippen LogP contribution is 2.44. The number of hydrogen-bond acceptors (Lipinski definition) is 5. The number of nitrogens with one attached hydrogen (secondary N) is 1. The number of thiocarbonyl (C=S) groups is 1. The minimum Gasteiger partial charge on any atom is -0.308 e. The van der Waals surface area contributed by atoms with Gasteiger partial charge < -0.3 is 4.90 Å². The molecule has 0 spiro atoms. The van der Waals surface area contributed by atoms with Crippen LogP contribution in [-0.2, 0) is 9.59 Å². The zero-order chi connectivity index (χ0) is 23.5. The summed E-state index contributed by atoms with van der Waals surface area (Å²) in [5.41, 5.74) is 4.57. The lowest BCUT2D eigenvalue weighted by molar-refractivity contribution is -0.124. The molecule has 3 amide bonds. The molecule has 0 saturated carbocycles. The van der Waals surface area contributed by atoms with Crippen LogP contribution < -0.4 is 10.3 Å². The monoisotopic (exact) mass is 499 g/mol. The van der Waals surface area contributed by atoms with Gasteiger partial charge in [-0.15, -0.1) is 0 Å². The Kier molecular flexibility index (Phi) is 7.17. The highest BCUT2D eigenvalue weighted by atomic mass is 35.5. The summed E-state index contributed by atoms with van der Waals surface area (Å²) in [6, 6.07) is 14.0. The number of carbonyl (C=O) groups is 3. The number of rotatable bonds is 7. The van der Waals surface area contributed by atoms with Gasteiger partial charge in [-0.25, -0.2) is 0 Å². The van der Waals surface area contributed by atoms with Crippen LogP contribution in [0.15, 0.2) is 53.4 Å². The number of carbonyl (C=O) groups excluding carboxylic acids is 3. The fourth-order valence-corrected chi connectivity index (χ4v) is 5.31. The number of unbranched alkanes of at least 4 members (excludes halogenated alkanes) is 3. The number of fused-ring (bicyclic) bond motifs is 1. The first-order valence-corrected chi connectivity index (χ1v) is 12.3. The van der Waals surface area contributed by atoms with Crippen LogP contribution in [0.3, 0.4) is 0 Å². The fourth-order valence-electron chi connectivity index (χ4n) is 3.84. The van der Waals surface area contributed by atoms with Crippen molar-refractivity contribution in [3.63, 3.8) is 0 Å². The van der Waals surface area contributed by atoms with E-state index in [0.29, 0.717) is 17.7 Å². The number of halogens is 1. The second kappa shape index (κ2) is 10.1. The number of thioether (sulfide) groups is 1. The van der Waals surface area contributed by atoms with E-state index in [9.17, 15) is 14.4 Å². The Balaban J connectivity index is 1.62. The van der Waals surface area contributed by atoms with Crippen LogP contribution in [0.4, 0.5) is 5.69 Å². The van der Waals surface area contributed by atoms with E-state index in [0.717, 1.165) is 48.1 Å². The molecule has 0 atom stereocenters. The third-order valence-electron chi connectivity index (χ3n) is 5.49. The molecular weight excluding hydrogens is 478 g/mol. The van der Waals surface area contributed by atoms with E-state index in [-0.39, 0.29) is 25.7 Å². The summed E-state index contributed by atoms with van der Waals surface area (Å²) in [6.07, 6.45) is 4.14. The maximum Gasteiger partial charge on any atom is 0.286 e. The number of para-hydroxylation sites is 1. The summed E-state index contributed by atoms with van der Waals surface area (Å²) in [7, 11) is 0. The van der Waals surface area contributed by atoms with Crippen molar-refractivity contribution in [3.05, 3.63) is 69.6 Å². The quantitative estimate of drug-likeness (QED) is 0.323. The van der Waals surface area contributed by atoms with Gasteiger partial charge in [0.2, 0.25) is 0 Å². The first-order valence-electron chi connectivity index (χ1n) is 10.7. The molecule has 1 saturated heterocycles. The van der Waals surface area contributed by atoms with Crippen LogP contribution >= 0.6 is 35.6 Å². The number of amides is 3. The molecule has 0 unspecified atom stereocenters. The van der Waals surface area contributed by atoms with Gasteiger partial charge in [0.25, 0.3) is 17.7 Å². The third-order valence-corrected chi connectivity index (χ3v) is 7.19. The number of hydrazine groups is 1. The molecule has 4 rings (SSSR count). The normalized spacial score (nSPS) is 17.7. The van der Waals surface area contributed by atoms with Crippen LogP contribution in [0.25, 0.3) is 5.57 Å². The van der Waals surface area contributed by atoms with Crippen LogP contribution in [0.5, 0.6) is 0 Å². The van der Waals surface area contributed by atoms with Crippen LogP contribution in [0, 0.1) is 0 Å². The summed E-state index contributed by atoms with van der Waals surface area (Å²) < 4.78 is 0.148. The molecule has 0 radical (unpaired) electrons. The van der Waals surface area contributed by atoms with E-state index >= 15 is 0 Å². The standard InChI is InChI=1S/C24H22ClN3O3S2/c1-2-3-4-9-14-27-18-13-8-6-11-16(18)19(22(27)30)20-23(31)28(24(32)33-20)26-21(29)15-10-5-7-12-17(15)25/h5-8,10-13H,2-4,9,14H2,1H3,(H,26,29)/b20-19-. The molecule has 1 N–H and O–H groups in total. The van der Waals surface area contributed by atoms with E-state index in [1.165, 1.54) is 0 Å². The Bertz CT molecular complexity index is 1180. The predicted octanol–water partition coefficient (Wildman–Crippen LogP) is 5.18. The molecule has 9 heteroatoms. The highest BCUT2D eigenvalue weighted by molar-refractivity contribution is 8.26. The molecule has 1 fully saturated rings. The molecule has 170 valence electrons. The number of benzene rings is 2. The molecule has 2 aromatic carbocycles. The number of anilines is 1. The maximum atomic E-state index is 13.4. The SMILES string of the molecule is CCCCCCN1C(=O)/C(=C2\SC(=S)N(NC(=O)c3ccccc3Cl)C2=O)c2ccccc21. The molecule has 0 bridgehead atoms. The lowest BCUT2D eigenvalue weighted by Crippen LogP contribution is -2.45. The topological polar surface area (TPSA) is 69.7 Å². The minimum absolute atomic E-state index is 0.148. The maximum absolute atomic E-state index is 13.4. The molecule has 2 aliphatic heterocycles. The second-order valence-corrected chi connectivity index (χ2v) is 9.72. The van der Waals surface area contributed by atoms with Crippen LogP contribution in [0.2, 0.25) is 5.02 Å². The Labute approximate surface area is 206 Å². The Morgan fingerprint density at radius 1 is 1.03 bits per heavy atom. The van der Waals surface area contributed by atoms with Crippen molar-refractivity contribution in [2.45, 2.75) is 32.6 Å². The average molecular weight is 500 g/mol. The molecule has 6 nitrogen and oxygen atoms in total. The van der Waals surface area contributed by atoms with E-state index in [1.54, 1.807) is 29.2 Å². The minimum atomic E-state index is -0.557. The van der Waals surface area contributed by atoms with E-state index in [1.807, 2.05) is 24.3 Å². The highest BCUT2D eigenvalue weighted by Gasteiger charge is 2.42. The Hall–Kier alpha value is -2.68. The molecule has 33 heavy (non-hydrogen) atoms. The molecule has 2 heterocycles. The van der Waals surface area contributed by atoms with Gasteiger partial charge in [0.15, 0.2) is 4.32 Å². The van der Waals surface area contributed by atoms with Crippen LogP contribution in [-0.4, -0.2) is 33.6 Å². The molecule has 0 aromatic heterocycles. The van der Waals surface area contributed by atoms with Crippen LogP contribution in [0.1, 0.15) is 48.5 Å². The van der Waals surface area contributed by atoms with Crippen molar-refractivity contribution in [3.8, 4) is 0 Å². The lowest BCUT2D eigenvalue weighted by Gasteiger charge is -2.17. The van der Waals surface area contributed by atoms with Crippen molar-refractivity contribution in [2.24, 2.45) is 0 Å². The van der Waals surface area contributed by atoms with Crippen molar-refractivity contribution >= 4 is 68.9 Å². The third kappa shape index (κ3) is 4.55. The van der Waals surface area contributed by atoms with E-state index < -0.39 is 11.8 Å². The van der Waals surface area contributed by atoms with Crippen molar-refractivity contribution in [1.29, 1.82) is 0 Å². The first kappa shape index (κ1) is 23.5. The molecule has 0 aliphatic carbocycles. The summed E-state index contributed by atoms with van der Waals surface area (Å²) in [6.45, 7) is 2.73. The Morgan fingerprint density at radius 2 is 1.76 bits per heavy atom. The fraction of sp³-hybridized carbons (Fsp3) is 0.250. The first-order chi connectivity index (χ1) is 15.9. The van der Waals surface area contributed by atoms with Gasteiger partial charge >= 0.3 is 0 Å². The number of hydrogen-bond donors (Lipinski definition) is 1. The van der Waals surface area contributed by atoms with Crippen molar-refractivity contribution in [1.82, 2.24) is 10.4 Å². The summed E-state index contributed by atoms with van der Waals surface area (Å²) in [4.78, 5) is 41.3. The zero-order valence-electron chi connectivity index (χ0n) is 18.0.